The van der Waals surface area contributed by atoms with E-state index in [1.807, 2.05) is 19.9 Å². The number of pyridine rings is 1. The molecule has 7 nitrogen and oxygen atoms in total. The van der Waals surface area contributed by atoms with Crippen LogP contribution < -0.4 is 10.6 Å². The summed E-state index contributed by atoms with van der Waals surface area (Å²) in [7, 11) is 1.78. The van der Waals surface area contributed by atoms with Gasteiger partial charge in [-0.15, -0.1) is 0 Å². The fraction of sp³-hybridized carbons (Fsp3) is 0.435. The number of fused-ring (bicyclic) bond motifs is 1. The summed E-state index contributed by atoms with van der Waals surface area (Å²) in [6.07, 6.45) is 6.94. The van der Waals surface area contributed by atoms with E-state index in [0.29, 0.717) is 17.9 Å². The number of imidazole rings is 1. The van der Waals surface area contributed by atoms with Crippen LogP contribution in [0.15, 0.2) is 24.7 Å². The summed E-state index contributed by atoms with van der Waals surface area (Å²) >= 11 is 0. The van der Waals surface area contributed by atoms with Crippen molar-refractivity contribution in [1.29, 1.82) is 0 Å². The van der Waals surface area contributed by atoms with Gasteiger partial charge in [-0.25, -0.2) is 14.4 Å². The van der Waals surface area contributed by atoms with E-state index in [0.717, 1.165) is 30.8 Å². The highest BCUT2D eigenvalue weighted by molar-refractivity contribution is 6.04. The minimum absolute atomic E-state index is 0.0983. The Hall–Kier alpha value is -3.00. The molecule has 0 spiro atoms. The number of likely N-dealkylation sites (tertiary alicyclic amines) is 1. The molecule has 164 valence electrons. The molecule has 0 bridgehead atoms. The lowest BCUT2D eigenvalue weighted by atomic mass is 10.1. The van der Waals surface area contributed by atoms with Crippen LogP contribution in [0.5, 0.6) is 0 Å². The maximum Gasteiger partial charge on any atom is 0.253 e. The average Bonchev–Trinajstić information content (AvgIpc) is 3.13. The molecule has 31 heavy (non-hydrogen) atoms. The van der Waals surface area contributed by atoms with Gasteiger partial charge in [-0.2, -0.15) is 0 Å². The predicted octanol–water partition coefficient (Wildman–Crippen LogP) is 3.68. The number of aromatic nitrogens is 3. The van der Waals surface area contributed by atoms with Gasteiger partial charge >= 0.3 is 0 Å². The first-order chi connectivity index (χ1) is 14.9. The zero-order chi connectivity index (χ0) is 22.0. The SMILES string of the molecule is Cc1cnc(Nc2c(C(=O)NCCN3CCCCC3)cc3c(ncn3C)c2F)c(C)c1. The third-order valence-electron chi connectivity index (χ3n) is 5.83. The topological polar surface area (TPSA) is 75.1 Å². The number of anilines is 2. The van der Waals surface area contributed by atoms with Gasteiger partial charge in [0.25, 0.3) is 5.91 Å². The predicted molar refractivity (Wildman–Crippen MR) is 120 cm³/mol. The van der Waals surface area contributed by atoms with Crippen molar-refractivity contribution in [3.05, 3.63) is 47.2 Å². The van der Waals surface area contributed by atoms with Crippen LogP contribution in [0.3, 0.4) is 0 Å². The number of carbonyl (C=O) groups excluding carboxylic acids is 1. The lowest BCUT2D eigenvalue weighted by Gasteiger charge is -2.26. The molecule has 1 amide bonds. The van der Waals surface area contributed by atoms with Gasteiger partial charge < -0.3 is 20.1 Å². The molecule has 0 saturated carbocycles. The van der Waals surface area contributed by atoms with E-state index in [1.165, 1.54) is 19.3 Å². The summed E-state index contributed by atoms with van der Waals surface area (Å²) in [5, 5.41) is 6.01. The van der Waals surface area contributed by atoms with Crippen molar-refractivity contribution < 1.29 is 9.18 Å². The van der Waals surface area contributed by atoms with Crippen molar-refractivity contribution in [2.75, 3.05) is 31.5 Å². The van der Waals surface area contributed by atoms with Gasteiger partial charge in [0, 0.05) is 26.3 Å². The number of halogens is 1. The number of benzene rings is 1. The molecule has 1 aliphatic rings. The number of nitrogens with one attached hydrogen (secondary N) is 2. The lowest BCUT2D eigenvalue weighted by Crippen LogP contribution is -2.37. The minimum Gasteiger partial charge on any atom is -0.351 e. The van der Waals surface area contributed by atoms with Crippen molar-refractivity contribution in [1.82, 2.24) is 24.8 Å². The number of nitrogens with zero attached hydrogens (tertiary/aromatic N) is 4. The number of aryl methyl sites for hydroxylation is 3. The number of carbonyl (C=O) groups is 1. The maximum atomic E-state index is 15.5. The van der Waals surface area contributed by atoms with Crippen LogP contribution in [0, 0.1) is 19.7 Å². The van der Waals surface area contributed by atoms with Crippen LogP contribution in [-0.4, -0.2) is 51.5 Å². The van der Waals surface area contributed by atoms with Gasteiger partial charge in [0.05, 0.1) is 23.1 Å². The Labute approximate surface area is 181 Å². The summed E-state index contributed by atoms with van der Waals surface area (Å²) in [6, 6.07) is 3.65. The van der Waals surface area contributed by atoms with Crippen molar-refractivity contribution >= 4 is 28.4 Å². The molecule has 4 rings (SSSR count). The van der Waals surface area contributed by atoms with Gasteiger partial charge in [-0.3, -0.25) is 4.79 Å². The molecule has 0 radical (unpaired) electrons. The van der Waals surface area contributed by atoms with E-state index in [2.05, 4.69) is 25.5 Å². The van der Waals surface area contributed by atoms with Crippen LogP contribution in [0.4, 0.5) is 15.9 Å². The van der Waals surface area contributed by atoms with Crippen molar-refractivity contribution in [3.8, 4) is 0 Å². The summed E-state index contributed by atoms with van der Waals surface area (Å²) < 4.78 is 17.2. The minimum atomic E-state index is -0.555. The molecule has 1 fully saturated rings. The second-order valence-corrected chi connectivity index (χ2v) is 8.30. The van der Waals surface area contributed by atoms with Gasteiger partial charge in [0.1, 0.15) is 11.3 Å². The van der Waals surface area contributed by atoms with Crippen molar-refractivity contribution in [2.24, 2.45) is 7.05 Å². The molecule has 3 heterocycles. The molecule has 0 unspecified atom stereocenters. The number of piperidine rings is 1. The second kappa shape index (κ2) is 9.01. The number of hydrogen-bond acceptors (Lipinski definition) is 5. The van der Waals surface area contributed by atoms with Gasteiger partial charge in [-0.1, -0.05) is 12.5 Å². The highest BCUT2D eigenvalue weighted by atomic mass is 19.1. The number of amides is 1. The Balaban J connectivity index is 1.62. The number of hydrogen-bond donors (Lipinski definition) is 2. The van der Waals surface area contributed by atoms with Gasteiger partial charge in [-0.05, 0) is 57.0 Å². The first kappa shape index (κ1) is 21.2. The van der Waals surface area contributed by atoms with E-state index in [-0.39, 0.29) is 22.7 Å². The normalized spacial score (nSPS) is 14.7. The van der Waals surface area contributed by atoms with E-state index in [9.17, 15) is 4.79 Å². The Bertz CT molecular complexity index is 1100. The Morgan fingerprint density at radius 3 is 2.68 bits per heavy atom. The standard InChI is InChI=1S/C23H29FN6O/c1-15-11-16(2)22(26-13-15)28-20-17(12-18-21(19(20)24)27-14-29(18)3)23(31)25-7-10-30-8-5-4-6-9-30/h11-14H,4-10H2,1-3H3,(H,25,31)(H,26,28). The van der Waals surface area contributed by atoms with E-state index >= 15 is 4.39 Å². The zero-order valence-corrected chi connectivity index (χ0v) is 18.3. The summed E-state index contributed by atoms with van der Waals surface area (Å²) in [6.45, 7) is 7.30. The molecular weight excluding hydrogens is 395 g/mol. The molecular formula is C23H29FN6O. The Morgan fingerprint density at radius 1 is 1.16 bits per heavy atom. The third-order valence-corrected chi connectivity index (χ3v) is 5.83. The number of rotatable bonds is 6. The van der Waals surface area contributed by atoms with Crippen LogP contribution in [0.2, 0.25) is 0 Å². The summed E-state index contributed by atoms with van der Waals surface area (Å²) in [5.41, 5.74) is 3.02. The molecule has 1 aliphatic heterocycles. The lowest BCUT2D eigenvalue weighted by molar-refractivity contribution is 0.0947. The zero-order valence-electron chi connectivity index (χ0n) is 18.3. The molecule has 1 aromatic carbocycles. The van der Waals surface area contributed by atoms with Crippen LogP contribution in [0.1, 0.15) is 40.7 Å². The molecule has 8 heteroatoms. The smallest absolute Gasteiger partial charge is 0.253 e. The summed E-state index contributed by atoms with van der Waals surface area (Å²) in [4.78, 5) is 24.0. The van der Waals surface area contributed by atoms with E-state index in [4.69, 9.17) is 0 Å². The fourth-order valence-electron chi connectivity index (χ4n) is 4.10. The largest absolute Gasteiger partial charge is 0.351 e. The first-order valence-corrected chi connectivity index (χ1v) is 10.8. The summed E-state index contributed by atoms with van der Waals surface area (Å²) in [5.74, 6) is -0.352. The Kier molecular flexibility index (Phi) is 6.18. The van der Waals surface area contributed by atoms with Gasteiger partial charge in [0.2, 0.25) is 0 Å². The maximum absolute atomic E-state index is 15.5. The first-order valence-electron chi connectivity index (χ1n) is 10.8. The molecule has 0 atom stereocenters. The quantitative estimate of drug-likeness (QED) is 0.631. The molecule has 2 N–H and O–H groups in total. The van der Waals surface area contributed by atoms with Crippen LogP contribution >= 0.6 is 0 Å². The van der Waals surface area contributed by atoms with Crippen LogP contribution in [-0.2, 0) is 7.05 Å². The average molecular weight is 425 g/mol. The van der Waals surface area contributed by atoms with E-state index in [1.54, 1.807) is 30.2 Å². The fourth-order valence-corrected chi connectivity index (χ4v) is 4.10. The monoisotopic (exact) mass is 424 g/mol. The van der Waals surface area contributed by atoms with Crippen LogP contribution in [0.25, 0.3) is 11.0 Å². The second-order valence-electron chi connectivity index (χ2n) is 8.30. The molecule has 2 aromatic heterocycles. The Morgan fingerprint density at radius 2 is 1.94 bits per heavy atom. The molecule has 0 aliphatic carbocycles. The van der Waals surface area contributed by atoms with E-state index < -0.39 is 5.82 Å². The molecule has 3 aromatic rings. The highest BCUT2D eigenvalue weighted by Crippen LogP contribution is 2.31. The third kappa shape index (κ3) is 4.54. The van der Waals surface area contributed by atoms with Gasteiger partial charge in [0.15, 0.2) is 5.82 Å². The highest BCUT2D eigenvalue weighted by Gasteiger charge is 2.22. The molecule has 1 saturated heterocycles. The van der Waals surface area contributed by atoms with Crippen molar-refractivity contribution in [2.45, 2.75) is 33.1 Å². The van der Waals surface area contributed by atoms with Crippen molar-refractivity contribution in [3.63, 3.8) is 0 Å².